The second kappa shape index (κ2) is 13.0. The lowest BCUT2D eigenvalue weighted by Crippen LogP contribution is -2.22. The summed E-state index contributed by atoms with van der Waals surface area (Å²) in [6, 6.07) is 13.8. The average Bonchev–Trinajstić information content (AvgIpc) is 3.38. The maximum Gasteiger partial charge on any atom is 0.338 e. The van der Waals surface area contributed by atoms with Crippen molar-refractivity contribution < 1.29 is 19.5 Å². The number of aromatic nitrogens is 1. The fourth-order valence-corrected chi connectivity index (χ4v) is 6.14. The molecule has 206 valence electrons. The number of thiazole rings is 1. The number of nitrogens with one attached hydrogen (secondary N) is 2. The molecule has 0 radical (unpaired) electrons. The number of nitrogens with zero attached hydrogens (tertiary/aromatic N) is 1. The number of carbonyl (C=O) groups excluding carboxylic acids is 2. The molecule has 1 heterocycles. The van der Waals surface area contributed by atoms with E-state index in [1.54, 1.807) is 43.3 Å². The van der Waals surface area contributed by atoms with Crippen molar-refractivity contribution in [2.45, 2.75) is 17.1 Å². The summed E-state index contributed by atoms with van der Waals surface area (Å²) in [5, 5.41) is 16.2. The van der Waals surface area contributed by atoms with Gasteiger partial charge in [-0.3, -0.25) is 9.59 Å². The number of halogens is 5. The van der Waals surface area contributed by atoms with Crippen LogP contribution in [0.3, 0.4) is 0 Å². The van der Waals surface area contributed by atoms with Crippen LogP contribution in [0, 0.1) is 0 Å². The van der Waals surface area contributed by atoms with Gasteiger partial charge < -0.3 is 15.7 Å². The van der Waals surface area contributed by atoms with E-state index in [9.17, 15) is 19.5 Å². The van der Waals surface area contributed by atoms with Crippen molar-refractivity contribution >= 4 is 110 Å². The number of aromatic carboxylic acids is 1. The molecular formula is C26H16Cl5N3O4S2. The summed E-state index contributed by atoms with van der Waals surface area (Å²) in [6.45, 7) is 1.76. The first-order valence-corrected chi connectivity index (χ1v) is 14.8. The first kappa shape index (κ1) is 30.5. The van der Waals surface area contributed by atoms with E-state index in [-0.39, 0.29) is 21.0 Å². The maximum absolute atomic E-state index is 12.9. The van der Waals surface area contributed by atoms with Gasteiger partial charge in [-0.25, -0.2) is 9.78 Å². The fourth-order valence-electron chi connectivity index (χ4n) is 3.41. The second-order valence-electron chi connectivity index (χ2n) is 8.08. The third-order valence-corrected chi connectivity index (χ3v) is 9.30. The first-order chi connectivity index (χ1) is 19.0. The molecular weight excluding hydrogens is 660 g/mol. The molecule has 0 bridgehead atoms. The van der Waals surface area contributed by atoms with Gasteiger partial charge in [-0.15, -0.1) is 23.1 Å². The van der Waals surface area contributed by atoms with Crippen molar-refractivity contribution in [2.24, 2.45) is 0 Å². The third kappa shape index (κ3) is 6.86. The normalized spacial score (nSPS) is 11.7. The van der Waals surface area contributed by atoms with Crippen molar-refractivity contribution in [3.63, 3.8) is 0 Å². The SMILES string of the molecule is CC(Sc1ccc(NC(=O)c2c(Cl)c(Cl)c(Cl)c(Cl)c2C(=O)O)cc1)C(=O)Nc1nc(-c2ccc(Cl)cc2)cs1. The number of thioether (sulfide) groups is 1. The van der Waals surface area contributed by atoms with Gasteiger partial charge in [0.25, 0.3) is 5.91 Å². The Kier molecular flexibility index (Phi) is 9.89. The number of carboxylic acid groups (broad SMARTS) is 1. The number of benzene rings is 3. The zero-order valence-corrected chi connectivity index (χ0v) is 25.5. The van der Waals surface area contributed by atoms with Gasteiger partial charge in [-0.05, 0) is 43.3 Å². The molecule has 3 aromatic carbocycles. The number of carboxylic acids is 1. The summed E-state index contributed by atoms with van der Waals surface area (Å²) in [5.74, 6) is -2.56. The van der Waals surface area contributed by atoms with Crippen LogP contribution in [0.25, 0.3) is 11.3 Å². The van der Waals surface area contributed by atoms with E-state index >= 15 is 0 Å². The Morgan fingerprint density at radius 2 is 1.45 bits per heavy atom. The minimum atomic E-state index is -1.49. The molecule has 0 saturated carbocycles. The average molecular weight is 676 g/mol. The Balaban J connectivity index is 1.40. The van der Waals surface area contributed by atoms with Crippen LogP contribution in [0.2, 0.25) is 25.1 Å². The standard InChI is InChI=1S/C26H16Cl5N3O4S2/c1-11(23(35)34-26-33-16(10-39-26)12-2-4-13(27)5-3-12)40-15-8-6-14(7-9-15)32-24(36)17-18(25(37)38)20(29)22(31)21(30)19(17)28/h2-11H,1H3,(H,32,36)(H,37,38)(H,33,34,35). The molecule has 0 aliphatic carbocycles. The van der Waals surface area contributed by atoms with Gasteiger partial charge >= 0.3 is 5.97 Å². The van der Waals surface area contributed by atoms with Gasteiger partial charge in [-0.2, -0.15) is 0 Å². The number of hydrogen-bond acceptors (Lipinski definition) is 6. The topological polar surface area (TPSA) is 108 Å². The Hall–Kier alpha value is -2.50. The lowest BCUT2D eigenvalue weighted by atomic mass is 10.1. The molecule has 0 spiro atoms. The van der Waals surface area contributed by atoms with E-state index in [1.165, 1.54) is 23.1 Å². The minimum absolute atomic E-state index is 0.230. The molecule has 1 aromatic heterocycles. The van der Waals surface area contributed by atoms with Crippen LogP contribution in [-0.2, 0) is 4.79 Å². The Morgan fingerprint density at radius 3 is 2.05 bits per heavy atom. The molecule has 14 heteroatoms. The molecule has 0 aliphatic rings. The van der Waals surface area contributed by atoms with Gasteiger partial charge in [0.1, 0.15) is 0 Å². The predicted molar refractivity (Wildman–Crippen MR) is 164 cm³/mol. The molecule has 0 fully saturated rings. The zero-order chi connectivity index (χ0) is 29.1. The maximum atomic E-state index is 12.9. The summed E-state index contributed by atoms with van der Waals surface area (Å²) in [7, 11) is 0. The van der Waals surface area contributed by atoms with Gasteiger partial charge in [0.15, 0.2) is 5.13 Å². The lowest BCUT2D eigenvalue weighted by molar-refractivity contribution is -0.115. The molecule has 0 aliphatic heterocycles. The van der Waals surface area contributed by atoms with Crippen LogP contribution in [0.1, 0.15) is 27.6 Å². The van der Waals surface area contributed by atoms with Gasteiger partial charge in [0.05, 0.1) is 42.2 Å². The molecule has 40 heavy (non-hydrogen) atoms. The molecule has 2 amide bonds. The van der Waals surface area contributed by atoms with Gasteiger partial charge in [-0.1, -0.05) is 70.1 Å². The van der Waals surface area contributed by atoms with Crippen LogP contribution in [-0.4, -0.2) is 33.1 Å². The summed E-state index contributed by atoms with van der Waals surface area (Å²) in [5.41, 5.74) is 0.984. The highest BCUT2D eigenvalue weighted by molar-refractivity contribution is 8.00. The van der Waals surface area contributed by atoms with Gasteiger partial charge in [0, 0.05) is 26.5 Å². The summed E-state index contributed by atoms with van der Waals surface area (Å²) < 4.78 is 0. The summed E-state index contributed by atoms with van der Waals surface area (Å²) in [6.07, 6.45) is 0. The Morgan fingerprint density at radius 1 is 0.850 bits per heavy atom. The van der Waals surface area contributed by atoms with Crippen molar-refractivity contribution in [2.75, 3.05) is 10.6 Å². The Labute approximate surface area is 261 Å². The predicted octanol–water partition coefficient (Wildman–Crippen LogP) is 9.15. The molecule has 1 unspecified atom stereocenters. The van der Waals surface area contributed by atoms with Crippen LogP contribution in [0.5, 0.6) is 0 Å². The number of carbonyl (C=O) groups is 3. The van der Waals surface area contributed by atoms with Crippen molar-refractivity contribution in [3.8, 4) is 11.3 Å². The third-order valence-electron chi connectivity index (χ3n) is 5.38. The van der Waals surface area contributed by atoms with Crippen LogP contribution in [0.4, 0.5) is 10.8 Å². The van der Waals surface area contributed by atoms with Crippen molar-refractivity contribution in [1.29, 1.82) is 0 Å². The van der Waals surface area contributed by atoms with Crippen molar-refractivity contribution in [1.82, 2.24) is 4.98 Å². The number of amides is 2. The summed E-state index contributed by atoms with van der Waals surface area (Å²) in [4.78, 5) is 42.6. The highest BCUT2D eigenvalue weighted by Crippen LogP contribution is 2.42. The quantitative estimate of drug-likeness (QED) is 0.0977. The first-order valence-electron chi connectivity index (χ1n) is 11.2. The Bertz CT molecular complexity index is 1610. The van der Waals surface area contributed by atoms with Crippen LogP contribution >= 0.6 is 81.1 Å². The van der Waals surface area contributed by atoms with Crippen molar-refractivity contribution in [3.05, 3.63) is 90.2 Å². The van der Waals surface area contributed by atoms with E-state index in [4.69, 9.17) is 58.0 Å². The smallest absolute Gasteiger partial charge is 0.338 e. The number of anilines is 2. The molecule has 4 aromatic rings. The zero-order valence-electron chi connectivity index (χ0n) is 20.1. The summed E-state index contributed by atoms with van der Waals surface area (Å²) >= 11 is 32.7. The van der Waals surface area contributed by atoms with Crippen LogP contribution in [0.15, 0.2) is 58.8 Å². The van der Waals surface area contributed by atoms with E-state index < -0.39 is 33.3 Å². The largest absolute Gasteiger partial charge is 0.478 e. The minimum Gasteiger partial charge on any atom is -0.478 e. The van der Waals surface area contributed by atoms with E-state index in [0.29, 0.717) is 15.8 Å². The van der Waals surface area contributed by atoms with E-state index in [1.807, 2.05) is 17.5 Å². The van der Waals surface area contributed by atoms with E-state index in [2.05, 4.69) is 15.6 Å². The molecule has 4 rings (SSSR count). The monoisotopic (exact) mass is 673 g/mol. The molecule has 3 N–H and O–H groups in total. The highest BCUT2D eigenvalue weighted by Gasteiger charge is 2.29. The van der Waals surface area contributed by atoms with Crippen LogP contribution < -0.4 is 10.6 Å². The highest BCUT2D eigenvalue weighted by atomic mass is 35.5. The van der Waals surface area contributed by atoms with Gasteiger partial charge in [0.2, 0.25) is 5.91 Å². The number of hydrogen-bond donors (Lipinski definition) is 3. The second-order valence-corrected chi connectivity index (χ2v) is 12.3. The molecule has 0 saturated heterocycles. The fraction of sp³-hybridized carbons (Fsp3) is 0.0769. The van der Waals surface area contributed by atoms with E-state index in [0.717, 1.165) is 16.2 Å². The molecule has 1 atom stereocenters. The molecule has 7 nitrogen and oxygen atoms in total. The number of rotatable bonds is 8. The lowest BCUT2D eigenvalue weighted by Gasteiger charge is -2.14.